The van der Waals surface area contributed by atoms with Crippen LogP contribution in [0.2, 0.25) is 0 Å². The molecule has 4 heteroatoms. The van der Waals surface area contributed by atoms with Crippen LogP contribution < -0.4 is 10.5 Å². The van der Waals surface area contributed by atoms with Crippen molar-refractivity contribution in [3.05, 3.63) is 60.4 Å². The molecule has 0 bridgehead atoms. The summed E-state index contributed by atoms with van der Waals surface area (Å²) in [6, 6.07) is 13.4. The number of rotatable bonds is 3. The summed E-state index contributed by atoms with van der Waals surface area (Å²) in [6.45, 7) is 0.460. The number of aromatic nitrogens is 2. The van der Waals surface area contributed by atoms with Crippen molar-refractivity contribution in [3.8, 4) is 5.75 Å². The van der Waals surface area contributed by atoms with Gasteiger partial charge >= 0.3 is 0 Å². The summed E-state index contributed by atoms with van der Waals surface area (Å²) < 4.78 is 5.82. The second-order valence-corrected chi connectivity index (χ2v) is 4.21. The third-order valence-electron chi connectivity index (χ3n) is 2.85. The highest BCUT2D eigenvalue weighted by molar-refractivity contribution is 5.84. The van der Waals surface area contributed by atoms with Gasteiger partial charge in [0.25, 0.3) is 0 Å². The molecule has 0 saturated carbocycles. The first-order valence-corrected chi connectivity index (χ1v) is 6.00. The van der Waals surface area contributed by atoms with Gasteiger partial charge in [0.2, 0.25) is 0 Å². The number of pyridine rings is 2. The maximum atomic E-state index is 5.82. The smallest absolute Gasteiger partial charge is 0.129 e. The molecule has 0 amide bonds. The molecular formula is C15H13N3O. The number of nitrogens with zero attached hydrogens (tertiary/aromatic N) is 2. The second-order valence-electron chi connectivity index (χ2n) is 4.21. The summed E-state index contributed by atoms with van der Waals surface area (Å²) >= 11 is 0. The summed E-state index contributed by atoms with van der Waals surface area (Å²) in [7, 11) is 0. The Morgan fingerprint density at radius 2 is 1.95 bits per heavy atom. The summed E-state index contributed by atoms with van der Waals surface area (Å²) in [6.07, 6.45) is 3.49. The molecule has 19 heavy (non-hydrogen) atoms. The first kappa shape index (κ1) is 11.5. The van der Waals surface area contributed by atoms with E-state index < -0.39 is 0 Å². The van der Waals surface area contributed by atoms with Crippen molar-refractivity contribution >= 4 is 16.7 Å². The maximum absolute atomic E-state index is 5.82. The van der Waals surface area contributed by atoms with Crippen LogP contribution in [0.5, 0.6) is 5.75 Å². The molecule has 0 radical (unpaired) electrons. The van der Waals surface area contributed by atoms with Gasteiger partial charge in [0.05, 0.1) is 5.52 Å². The Balaban J connectivity index is 1.84. The fourth-order valence-corrected chi connectivity index (χ4v) is 1.88. The highest BCUT2D eigenvalue weighted by atomic mass is 16.5. The molecule has 0 aliphatic carbocycles. The number of nitrogens with two attached hydrogens (primary N) is 1. The minimum atomic E-state index is 0.460. The Labute approximate surface area is 110 Å². The third kappa shape index (κ3) is 2.47. The van der Waals surface area contributed by atoms with Crippen LogP contribution in [-0.2, 0) is 6.61 Å². The van der Waals surface area contributed by atoms with Crippen LogP contribution >= 0.6 is 0 Å². The molecule has 0 fully saturated rings. The zero-order chi connectivity index (χ0) is 13.1. The van der Waals surface area contributed by atoms with Gasteiger partial charge in [-0.15, -0.1) is 0 Å². The molecule has 0 spiro atoms. The zero-order valence-corrected chi connectivity index (χ0v) is 10.3. The quantitative estimate of drug-likeness (QED) is 0.777. The van der Waals surface area contributed by atoms with Crippen molar-refractivity contribution in [1.82, 2.24) is 9.97 Å². The molecule has 3 rings (SSSR count). The summed E-state index contributed by atoms with van der Waals surface area (Å²) in [4.78, 5) is 8.34. The van der Waals surface area contributed by atoms with Crippen LogP contribution in [-0.4, -0.2) is 9.97 Å². The van der Waals surface area contributed by atoms with Crippen LogP contribution in [0.15, 0.2) is 54.9 Å². The Bertz CT molecular complexity index is 690. The summed E-state index contributed by atoms with van der Waals surface area (Å²) in [5.74, 6) is 1.33. The number of fused-ring (bicyclic) bond motifs is 1. The Morgan fingerprint density at radius 1 is 1.00 bits per heavy atom. The number of nitrogen functional groups attached to an aromatic ring is 1. The molecule has 94 valence electrons. The van der Waals surface area contributed by atoms with Crippen molar-refractivity contribution in [2.24, 2.45) is 0 Å². The largest absolute Gasteiger partial charge is 0.488 e. The molecule has 0 unspecified atom stereocenters. The molecule has 2 aromatic heterocycles. The first-order chi connectivity index (χ1) is 9.33. The van der Waals surface area contributed by atoms with Crippen molar-refractivity contribution in [2.75, 3.05) is 5.73 Å². The van der Waals surface area contributed by atoms with Crippen LogP contribution in [0.1, 0.15) is 5.56 Å². The van der Waals surface area contributed by atoms with Gasteiger partial charge < -0.3 is 10.5 Å². The fourth-order valence-electron chi connectivity index (χ4n) is 1.88. The third-order valence-corrected chi connectivity index (χ3v) is 2.85. The van der Waals surface area contributed by atoms with E-state index in [1.807, 2.05) is 36.4 Å². The average Bonchev–Trinajstić information content (AvgIpc) is 2.47. The highest BCUT2D eigenvalue weighted by Gasteiger charge is 2.02. The van der Waals surface area contributed by atoms with E-state index in [0.29, 0.717) is 12.4 Å². The number of ether oxygens (including phenoxy) is 1. The molecular weight excluding hydrogens is 238 g/mol. The number of benzene rings is 1. The lowest BCUT2D eigenvalue weighted by Crippen LogP contribution is -1.98. The van der Waals surface area contributed by atoms with Gasteiger partial charge in [-0.05, 0) is 30.3 Å². The van der Waals surface area contributed by atoms with Crippen LogP contribution in [0, 0.1) is 0 Å². The standard InChI is InChI=1S/C15H13N3O/c16-15-7-6-11(9-18-15)10-19-14-5-1-4-13-12(14)3-2-8-17-13/h1-9H,10H2,(H2,16,18). The Kier molecular flexibility index (Phi) is 2.98. The maximum Gasteiger partial charge on any atom is 0.129 e. The zero-order valence-electron chi connectivity index (χ0n) is 10.3. The molecule has 2 heterocycles. The highest BCUT2D eigenvalue weighted by Crippen LogP contribution is 2.24. The van der Waals surface area contributed by atoms with Gasteiger partial charge in [-0.3, -0.25) is 4.98 Å². The van der Waals surface area contributed by atoms with Crippen molar-refractivity contribution in [1.29, 1.82) is 0 Å². The van der Waals surface area contributed by atoms with E-state index in [2.05, 4.69) is 9.97 Å². The molecule has 0 saturated heterocycles. The molecule has 1 aromatic carbocycles. The Morgan fingerprint density at radius 3 is 2.79 bits per heavy atom. The van der Waals surface area contributed by atoms with E-state index in [4.69, 9.17) is 10.5 Å². The Hall–Kier alpha value is -2.62. The minimum Gasteiger partial charge on any atom is -0.488 e. The van der Waals surface area contributed by atoms with E-state index in [9.17, 15) is 0 Å². The topological polar surface area (TPSA) is 61.0 Å². The number of hydrogen-bond donors (Lipinski definition) is 1. The van der Waals surface area contributed by atoms with E-state index in [0.717, 1.165) is 22.2 Å². The number of anilines is 1. The SMILES string of the molecule is Nc1ccc(COc2cccc3ncccc23)cn1. The van der Waals surface area contributed by atoms with Gasteiger partial charge in [-0.25, -0.2) is 4.98 Å². The van der Waals surface area contributed by atoms with Crippen molar-refractivity contribution in [3.63, 3.8) is 0 Å². The van der Waals surface area contributed by atoms with E-state index in [1.165, 1.54) is 0 Å². The summed E-state index contributed by atoms with van der Waals surface area (Å²) in [5.41, 5.74) is 7.46. The van der Waals surface area contributed by atoms with Gasteiger partial charge in [0, 0.05) is 23.3 Å². The second kappa shape index (κ2) is 4.94. The average molecular weight is 251 g/mol. The van der Waals surface area contributed by atoms with Gasteiger partial charge in [-0.1, -0.05) is 12.1 Å². The predicted octanol–water partition coefficient (Wildman–Crippen LogP) is 2.79. The molecule has 0 aliphatic heterocycles. The molecule has 4 nitrogen and oxygen atoms in total. The summed E-state index contributed by atoms with van der Waals surface area (Å²) in [5, 5.41) is 1.01. The molecule has 2 N–H and O–H groups in total. The van der Waals surface area contributed by atoms with E-state index >= 15 is 0 Å². The normalized spacial score (nSPS) is 10.5. The van der Waals surface area contributed by atoms with Crippen LogP contribution in [0.4, 0.5) is 5.82 Å². The van der Waals surface area contributed by atoms with E-state index in [1.54, 1.807) is 18.5 Å². The first-order valence-electron chi connectivity index (χ1n) is 6.00. The monoisotopic (exact) mass is 251 g/mol. The minimum absolute atomic E-state index is 0.460. The number of hydrogen-bond acceptors (Lipinski definition) is 4. The molecule has 3 aromatic rings. The van der Waals surface area contributed by atoms with Crippen molar-refractivity contribution < 1.29 is 4.74 Å². The van der Waals surface area contributed by atoms with Gasteiger partial charge in [0.1, 0.15) is 18.2 Å². The molecule has 0 aliphatic rings. The molecule has 0 atom stereocenters. The van der Waals surface area contributed by atoms with Gasteiger partial charge in [-0.2, -0.15) is 0 Å². The fraction of sp³-hybridized carbons (Fsp3) is 0.0667. The lowest BCUT2D eigenvalue weighted by atomic mass is 10.2. The van der Waals surface area contributed by atoms with E-state index in [-0.39, 0.29) is 0 Å². The predicted molar refractivity (Wildman–Crippen MR) is 74.7 cm³/mol. The van der Waals surface area contributed by atoms with Gasteiger partial charge in [0.15, 0.2) is 0 Å². The van der Waals surface area contributed by atoms with Crippen molar-refractivity contribution in [2.45, 2.75) is 6.61 Å². The van der Waals surface area contributed by atoms with Crippen LogP contribution in [0.3, 0.4) is 0 Å². The lowest BCUT2D eigenvalue weighted by molar-refractivity contribution is 0.309. The lowest BCUT2D eigenvalue weighted by Gasteiger charge is -2.08. The van der Waals surface area contributed by atoms with Crippen LogP contribution in [0.25, 0.3) is 10.9 Å².